The highest BCUT2D eigenvalue weighted by atomic mass is 14.4. The summed E-state index contributed by atoms with van der Waals surface area (Å²) in [5.74, 6) is 0. The Labute approximate surface area is 126 Å². The lowest BCUT2D eigenvalue weighted by Gasteiger charge is -2.22. The molecule has 3 aromatic rings. The quantitative estimate of drug-likeness (QED) is 0.550. The lowest BCUT2D eigenvalue weighted by atomic mass is 9.81. The van der Waals surface area contributed by atoms with Crippen LogP contribution < -0.4 is 0 Å². The summed E-state index contributed by atoms with van der Waals surface area (Å²) in [6.07, 6.45) is 0. The Morgan fingerprint density at radius 2 is 1.43 bits per heavy atom. The normalized spacial score (nSPS) is 14.6. The van der Waals surface area contributed by atoms with Crippen molar-refractivity contribution in [2.24, 2.45) is 0 Å². The van der Waals surface area contributed by atoms with Gasteiger partial charge in [-0.1, -0.05) is 74.5 Å². The minimum absolute atomic E-state index is 0.0723. The number of fused-ring (bicyclic) bond motifs is 3. The molecule has 0 aliphatic heterocycles. The third-order valence-electron chi connectivity index (χ3n) is 4.64. The second kappa shape index (κ2) is 4.33. The zero-order chi connectivity index (χ0) is 14.4. The molecule has 0 N–H and O–H groups in total. The summed E-state index contributed by atoms with van der Waals surface area (Å²) in [5.41, 5.74) is 8.22. The van der Waals surface area contributed by atoms with E-state index in [2.05, 4.69) is 74.5 Å². The SMILES string of the molecule is CC1(C)c2ccccc2-c2ccc(-c3cc[c]cc3)cc21. The molecule has 0 bridgehead atoms. The molecule has 1 aliphatic carbocycles. The molecule has 0 fully saturated rings. The number of hydrogen-bond acceptors (Lipinski definition) is 0. The summed E-state index contributed by atoms with van der Waals surface area (Å²) >= 11 is 0. The largest absolute Gasteiger partial charge is 0.0619 e. The zero-order valence-corrected chi connectivity index (χ0v) is 12.4. The monoisotopic (exact) mass is 269 g/mol. The molecule has 4 rings (SSSR count). The molecule has 1 aliphatic rings. The molecular weight excluding hydrogens is 252 g/mol. The van der Waals surface area contributed by atoms with Gasteiger partial charge in [0.2, 0.25) is 0 Å². The molecule has 0 unspecified atom stereocenters. The van der Waals surface area contributed by atoms with Crippen molar-refractivity contribution in [3.8, 4) is 22.3 Å². The van der Waals surface area contributed by atoms with Crippen LogP contribution in [-0.2, 0) is 5.41 Å². The lowest BCUT2D eigenvalue weighted by Crippen LogP contribution is -2.14. The first-order chi connectivity index (χ1) is 10.2. The molecule has 0 nitrogen and oxygen atoms in total. The smallest absolute Gasteiger partial charge is 0.0159 e. The Morgan fingerprint density at radius 1 is 0.714 bits per heavy atom. The average molecular weight is 269 g/mol. The fraction of sp³-hybridized carbons (Fsp3) is 0.143. The lowest BCUT2D eigenvalue weighted by molar-refractivity contribution is 0.660. The van der Waals surface area contributed by atoms with Crippen LogP contribution in [0.4, 0.5) is 0 Å². The highest BCUT2D eigenvalue weighted by Crippen LogP contribution is 2.49. The van der Waals surface area contributed by atoms with Crippen LogP contribution in [0.3, 0.4) is 0 Å². The van der Waals surface area contributed by atoms with E-state index in [1.54, 1.807) is 0 Å². The van der Waals surface area contributed by atoms with Crippen molar-refractivity contribution in [2.45, 2.75) is 19.3 Å². The number of rotatable bonds is 1. The fourth-order valence-corrected chi connectivity index (χ4v) is 3.46. The predicted molar refractivity (Wildman–Crippen MR) is 88.3 cm³/mol. The van der Waals surface area contributed by atoms with Gasteiger partial charge in [0.1, 0.15) is 0 Å². The van der Waals surface area contributed by atoms with E-state index >= 15 is 0 Å². The molecule has 0 saturated heterocycles. The van der Waals surface area contributed by atoms with E-state index in [-0.39, 0.29) is 5.41 Å². The van der Waals surface area contributed by atoms with Crippen molar-refractivity contribution in [2.75, 3.05) is 0 Å². The van der Waals surface area contributed by atoms with Crippen LogP contribution >= 0.6 is 0 Å². The van der Waals surface area contributed by atoms with Gasteiger partial charge in [-0.25, -0.2) is 0 Å². The minimum Gasteiger partial charge on any atom is -0.0619 e. The van der Waals surface area contributed by atoms with Gasteiger partial charge < -0.3 is 0 Å². The van der Waals surface area contributed by atoms with Crippen LogP contribution in [0.1, 0.15) is 25.0 Å². The maximum Gasteiger partial charge on any atom is 0.0159 e. The van der Waals surface area contributed by atoms with Crippen LogP contribution in [0.2, 0.25) is 0 Å². The third kappa shape index (κ3) is 1.76. The molecule has 0 heteroatoms. The van der Waals surface area contributed by atoms with Crippen LogP contribution in [0.25, 0.3) is 22.3 Å². The summed E-state index contributed by atoms with van der Waals surface area (Å²) in [4.78, 5) is 0. The Bertz CT molecular complexity index is 810. The van der Waals surface area contributed by atoms with Gasteiger partial charge in [-0.05, 0) is 45.5 Å². The van der Waals surface area contributed by atoms with E-state index in [1.807, 2.05) is 12.1 Å². The van der Waals surface area contributed by atoms with Crippen molar-refractivity contribution < 1.29 is 0 Å². The van der Waals surface area contributed by atoms with E-state index in [9.17, 15) is 0 Å². The standard InChI is InChI=1S/C21H17/c1-21(2)19-11-7-6-10-17(19)18-13-12-16(14-20(18)21)15-8-4-3-5-9-15/h4-14H,1-2H3. The molecule has 21 heavy (non-hydrogen) atoms. The molecular formula is C21H17. The van der Waals surface area contributed by atoms with Crippen molar-refractivity contribution in [1.82, 2.24) is 0 Å². The van der Waals surface area contributed by atoms with Crippen molar-refractivity contribution in [1.29, 1.82) is 0 Å². The van der Waals surface area contributed by atoms with Crippen molar-refractivity contribution in [3.05, 3.63) is 83.9 Å². The number of benzene rings is 3. The Kier molecular flexibility index (Phi) is 2.56. The Balaban J connectivity index is 1.94. The molecule has 0 heterocycles. The van der Waals surface area contributed by atoms with E-state index in [1.165, 1.54) is 33.4 Å². The summed E-state index contributed by atoms with van der Waals surface area (Å²) in [7, 11) is 0. The summed E-state index contributed by atoms with van der Waals surface area (Å²) < 4.78 is 0. The van der Waals surface area contributed by atoms with Gasteiger partial charge in [0.15, 0.2) is 0 Å². The summed E-state index contributed by atoms with van der Waals surface area (Å²) in [6, 6.07) is 26.9. The molecule has 0 aromatic heterocycles. The van der Waals surface area contributed by atoms with Gasteiger partial charge in [0.25, 0.3) is 0 Å². The van der Waals surface area contributed by atoms with Crippen LogP contribution in [0.15, 0.2) is 66.7 Å². The fourth-order valence-electron chi connectivity index (χ4n) is 3.46. The van der Waals surface area contributed by atoms with Crippen LogP contribution in [0.5, 0.6) is 0 Å². The van der Waals surface area contributed by atoms with Crippen molar-refractivity contribution >= 4 is 0 Å². The van der Waals surface area contributed by atoms with Crippen LogP contribution in [0, 0.1) is 6.07 Å². The van der Waals surface area contributed by atoms with Gasteiger partial charge in [-0.2, -0.15) is 0 Å². The maximum absolute atomic E-state index is 3.09. The maximum atomic E-state index is 3.09. The highest BCUT2D eigenvalue weighted by Gasteiger charge is 2.35. The molecule has 0 saturated carbocycles. The first-order valence-corrected chi connectivity index (χ1v) is 7.39. The second-order valence-electron chi connectivity index (χ2n) is 6.22. The van der Waals surface area contributed by atoms with E-state index in [0.29, 0.717) is 0 Å². The predicted octanol–water partition coefficient (Wildman–Crippen LogP) is 5.46. The zero-order valence-electron chi connectivity index (χ0n) is 12.4. The van der Waals surface area contributed by atoms with E-state index in [0.717, 1.165) is 0 Å². The summed E-state index contributed by atoms with van der Waals surface area (Å²) in [5, 5.41) is 0. The van der Waals surface area contributed by atoms with Gasteiger partial charge in [0.05, 0.1) is 0 Å². The molecule has 0 spiro atoms. The second-order valence-corrected chi connectivity index (χ2v) is 6.22. The van der Waals surface area contributed by atoms with Gasteiger partial charge in [-0.3, -0.25) is 0 Å². The molecule has 0 atom stereocenters. The molecule has 1 radical (unpaired) electrons. The minimum atomic E-state index is 0.0723. The Morgan fingerprint density at radius 3 is 2.24 bits per heavy atom. The first-order valence-electron chi connectivity index (χ1n) is 7.39. The molecule has 3 aromatic carbocycles. The molecule has 0 amide bonds. The van der Waals surface area contributed by atoms with Gasteiger partial charge in [-0.15, -0.1) is 0 Å². The van der Waals surface area contributed by atoms with E-state index < -0.39 is 0 Å². The Hall–Kier alpha value is -2.34. The first kappa shape index (κ1) is 12.4. The van der Waals surface area contributed by atoms with Crippen LogP contribution in [-0.4, -0.2) is 0 Å². The van der Waals surface area contributed by atoms with Gasteiger partial charge in [0, 0.05) is 5.41 Å². The van der Waals surface area contributed by atoms with Gasteiger partial charge >= 0.3 is 0 Å². The van der Waals surface area contributed by atoms with Crippen molar-refractivity contribution in [3.63, 3.8) is 0 Å². The number of hydrogen-bond donors (Lipinski definition) is 0. The average Bonchev–Trinajstić information content (AvgIpc) is 2.77. The summed E-state index contributed by atoms with van der Waals surface area (Å²) in [6.45, 7) is 4.64. The van der Waals surface area contributed by atoms with E-state index in [4.69, 9.17) is 0 Å². The molecule has 101 valence electrons. The highest BCUT2D eigenvalue weighted by molar-refractivity contribution is 5.83. The topological polar surface area (TPSA) is 0 Å². The third-order valence-corrected chi connectivity index (χ3v) is 4.64.